The number of ether oxygens (including phenoxy) is 4. The van der Waals surface area contributed by atoms with Gasteiger partial charge < -0.3 is 33.0 Å². The lowest BCUT2D eigenvalue weighted by molar-refractivity contribution is -0.0805. The molecule has 1 aromatic heterocycles. The fourth-order valence-electron chi connectivity index (χ4n) is 7.57. The Balaban J connectivity index is 1.47. The van der Waals surface area contributed by atoms with Gasteiger partial charge in [-0.2, -0.15) is 5.26 Å². The molecule has 2 N–H and O–H groups in total. The minimum atomic E-state index is -1.67. The standard InChI is InChI=1S/C44H51N4O8P/c1-28(2)48(29(3)4)57(54-23-11-22-45)56-39-26-38(36-24-30(5)25-37-41(36)46-43(50)47-42(37)49)55-40(39)27-53-44(31-12-9-8-10-13-31,32-14-18-34(51-6)19-15-32)33-16-20-35(52-7)21-17-33/h8-10,12-21,24-25,28-29,38-40H,11,23,26-27H2,1-7H3,(H2,46,47,49,50)/t38-,39+,40-,57?/m1/s1. The Hall–Kier alpha value is -4.86. The number of rotatable bonds is 17. The molecule has 6 rings (SSSR count). The zero-order valence-electron chi connectivity index (χ0n) is 33.5. The van der Waals surface area contributed by atoms with Crippen molar-refractivity contribution in [3.8, 4) is 17.6 Å². The van der Waals surface area contributed by atoms with E-state index in [-0.39, 0.29) is 31.7 Å². The van der Waals surface area contributed by atoms with Crippen molar-refractivity contribution in [2.24, 2.45) is 0 Å². The third kappa shape index (κ3) is 9.16. The van der Waals surface area contributed by atoms with Gasteiger partial charge in [-0.25, -0.2) is 9.46 Å². The average molecular weight is 795 g/mol. The quantitative estimate of drug-likeness (QED) is 0.0539. The number of H-pyrrole nitrogens is 2. The Bertz CT molecular complexity index is 2200. The lowest BCUT2D eigenvalue weighted by Crippen LogP contribution is -2.39. The van der Waals surface area contributed by atoms with Crippen molar-refractivity contribution in [1.29, 1.82) is 5.26 Å². The molecule has 4 atom stereocenters. The molecule has 1 saturated heterocycles. The number of aryl methyl sites for hydroxylation is 1. The van der Waals surface area contributed by atoms with Crippen LogP contribution in [0, 0.1) is 18.3 Å². The number of methoxy groups -OCH3 is 2. The van der Waals surface area contributed by atoms with Crippen LogP contribution in [0.5, 0.6) is 11.5 Å². The summed E-state index contributed by atoms with van der Waals surface area (Å²) in [5.41, 5.74) is 2.32. The van der Waals surface area contributed by atoms with Crippen molar-refractivity contribution in [1.82, 2.24) is 14.6 Å². The SMILES string of the molecule is COc1ccc(C(OC[C@H]2O[C@@H](c3cc(C)cc4c(=O)[nH]c(=O)[nH]c34)C[C@@H]2OP(OCCC#N)N(C(C)C)C(C)C)(c2ccccc2)c2ccc(OC)cc2)cc1. The van der Waals surface area contributed by atoms with Gasteiger partial charge in [0.15, 0.2) is 0 Å². The van der Waals surface area contributed by atoms with E-state index in [1.807, 2.05) is 91.9 Å². The topological polar surface area (TPSA) is 148 Å². The van der Waals surface area contributed by atoms with Crippen molar-refractivity contribution in [3.63, 3.8) is 0 Å². The highest BCUT2D eigenvalue weighted by Crippen LogP contribution is 2.51. The summed E-state index contributed by atoms with van der Waals surface area (Å²) >= 11 is 0. The first-order chi connectivity index (χ1) is 27.5. The normalized spacial score (nSPS) is 17.7. The van der Waals surface area contributed by atoms with E-state index in [4.69, 9.17) is 28.0 Å². The van der Waals surface area contributed by atoms with E-state index >= 15 is 0 Å². The number of nitrogens with one attached hydrogen (secondary N) is 2. The van der Waals surface area contributed by atoms with Crippen molar-refractivity contribution in [2.75, 3.05) is 27.4 Å². The van der Waals surface area contributed by atoms with Gasteiger partial charge in [0, 0.05) is 24.1 Å². The van der Waals surface area contributed by atoms with Gasteiger partial charge in [0.05, 0.1) is 63.0 Å². The van der Waals surface area contributed by atoms with E-state index in [0.29, 0.717) is 34.4 Å². The van der Waals surface area contributed by atoms with Crippen LogP contribution in [0.1, 0.15) is 74.5 Å². The van der Waals surface area contributed by atoms with Crippen LogP contribution < -0.4 is 20.7 Å². The molecule has 0 spiro atoms. The van der Waals surface area contributed by atoms with Gasteiger partial charge in [-0.05, 0) is 87.2 Å². The van der Waals surface area contributed by atoms with Crippen molar-refractivity contribution in [3.05, 3.63) is 140 Å². The molecule has 57 heavy (non-hydrogen) atoms. The Morgan fingerprint density at radius 1 is 0.877 bits per heavy atom. The molecule has 1 fully saturated rings. The third-order valence-electron chi connectivity index (χ3n) is 10.1. The fraction of sp³-hybridized carbons (Fsp3) is 0.386. The van der Waals surface area contributed by atoms with Crippen LogP contribution in [0.3, 0.4) is 0 Å². The van der Waals surface area contributed by atoms with Gasteiger partial charge in [-0.15, -0.1) is 0 Å². The largest absolute Gasteiger partial charge is 0.497 e. The van der Waals surface area contributed by atoms with E-state index in [1.165, 1.54) is 0 Å². The van der Waals surface area contributed by atoms with E-state index < -0.39 is 43.7 Å². The van der Waals surface area contributed by atoms with Gasteiger partial charge in [-0.3, -0.25) is 9.78 Å². The fourth-order valence-corrected chi connectivity index (χ4v) is 9.33. The number of fused-ring (bicyclic) bond motifs is 1. The molecular formula is C44H51N4O8P. The summed E-state index contributed by atoms with van der Waals surface area (Å²) in [6.07, 6.45) is -1.21. The zero-order valence-corrected chi connectivity index (χ0v) is 34.4. The van der Waals surface area contributed by atoms with E-state index in [1.54, 1.807) is 20.3 Å². The highest BCUT2D eigenvalue weighted by atomic mass is 31.2. The maximum absolute atomic E-state index is 13.0. The summed E-state index contributed by atoms with van der Waals surface area (Å²) in [4.78, 5) is 30.8. The molecule has 0 bridgehead atoms. The summed E-state index contributed by atoms with van der Waals surface area (Å²) in [5, 5.41) is 9.74. The maximum atomic E-state index is 13.0. The lowest BCUT2D eigenvalue weighted by atomic mass is 9.80. The lowest BCUT2D eigenvalue weighted by Gasteiger charge is -2.39. The van der Waals surface area contributed by atoms with Crippen molar-refractivity contribution < 1.29 is 28.0 Å². The van der Waals surface area contributed by atoms with Gasteiger partial charge in [-0.1, -0.05) is 60.7 Å². The minimum Gasteiger partial charge on any atom is -0.497 e. The van der Waals surface area contributed by atoms with Gasteiger partial charge in [0.2, 0.25) is 0 Å². The zero-order chi connectivity index (χ0) is 40.7. The average Bonchev–Trinajstić information content (AvgIpc) is 3.60. The van der Waals surface area contributed by atoms with E-state index in [0.717, 1.165) is 22.3 Å². The Kier molecular flexibility index (Phi) is 13.6. The number of hydrogen-bond donors (Lipinski definition) is 2. The second-order valence-electron chi connectivity index (χ2n) is 14.6. The predicted octanol–water partition coefficient (Wildman–Crippen LogP) is 8.04. The molecule has 1 aliphatic rings. The van der Waals surface area contributed by atoms with Gasteiger partial charge >= 0.3 is 5.69 Å². The number of benzene rings is 4. The number of nitrogens with zero attached hydrogens (tertiary/aromatic N) is 2. The number of aromatic amines is 2. The van der Waals surface area contributed by atoms with Crippen LogP contribution in [0.2, 0.25) is 0 Å². The number of aromatic nitrogens is 2. The van der Waals surface area contributed by atoms with E-state index in [9.17, 15) is 14.9 Å². The first-order valence-corrected chi connectivity index (χ1v) is 20.3. The third-order valence-corrected chi connectivity index (χ3v) is 12.3. The monoisotopic (exact) mass is 794 g/mol. The molecule has 1 unspecified atom stereocenters. The van der Waals surface area contributed by atoms with E-state index in [2.05, 4.69) is 48.4 Å². The summed E-state index contributed by atoms with van der Waals surface area (Å²) < 4.78 is 40.9. The van der Waals surface area contributed by atoms with Crippen LogP contribution in [0.4, 0.5) is 0 Å². The molecular weight excluding hydrogens is 743 g/mol. The number of nitriles is 1. The van der Waals surface area contributed by atoms with Crippen molar-refractivity contribution >= 4 is 19.4 Å². The molecule has 0 aliphatic carbocycles. The second-order valence-corrected chi connectivity index (χ2v) is 16.0. The van der Waals surface area contributed by atoms with Gasteiger partial charge in [0.25, 0.3) is 14.1 Å². The molecule has 1 aliphatic heterocycles. The predicted molar refractivity (Wildman–Crippen MR) is 221 cm³/mol. The Labute approximate surface area is 334 Å². The second kappa shape index (κ2) is 18.6. The van der Waals surface area contributed by atoms with Crippen LogP contribution in [0.25, 0.3) is 10.9 Å². The minimum absolute atomic E-state index is 0.0689. The Morgan fingerprint density at radius 2 is 1.47 bits per heavy atom. The summed E-state index contributed by atoms with van der Waals surface area (Å²) in [6.45, 7) is 10.5. The summed E-state index contributed by atoms with van der Waals surface area (Å²) in [6, 6.07) is 31.7. The molecule has 300 valence electrons. The Morgan fingerprint density at radius 3 is 2.04 bits per heavy atom. The summed E-state index contributed by atoms with van der Waals surface area (Å²) in [5.74, 6) is 1.41. The van der Waals surface area contributed by atoms with Crippen LogP contribution in [0.15, 0.2) is 101 Å². The van der Waals surface area contributed by atoms with Crippen LogP contribution in [-0.2, 0) is 24.1 Å². The first-order valence-electron chi connectivity index (χ1n) is 19.1. The smallest absolute Gasteiger partial charge is 0.326 e. The molecule has 2 heterocycles. The molecule has 4 aromatic carbocycles. The molecule has 0 amide bonds. The maximum Gasteiger partial charge on any atom is 0.326 e. The highest BCUT2D eigenvalue weighted by Gasteiger charge is 2.45. The molecule has 13 heteroatoms. The number of hydrogen-bond acceptors (Lipinski definition) is 10. The first kappa shape index (κ1) is 41.8. The molecule has 0 radical (unpaired) electrons. The molecule has 5 aromatic rings. The van der Waals surface area contributed by atoms with Crippen molar-refractivity contribution in [2.45, 2.75) is 83.5 Å². The van der Waals surface area contributed by atoms with Crippen LogP contribution in [-0.4, -0.2) is 66.4 Å². The van der Waals surface area contributed by atoms with Crippen LogP contribution >= 0.6 is 8.53 Å². The highest BCUT2D eigenvalue weighted by molar-refractivity contribution is 7.44. The van der Waals surface area contributed by atoms with Gasteiger partial charge in [0.1, 0.15) is 23.2 Å². The molecule has 0 saturated carbocycles. The molecule has 12 nitrogen and oxygen atoms in total. The summed E-state index contributed by atoms with van der Waals surface area (Å²) in [7, 11) is 1.60.